The molecule has 1 N–H and O–H groups in total. The maximum Gasteiger partial charge on any atom is 0.308 e. The molecule has 0 saturated carbocycles. The van der Waals surface area contributed by atoms with Crippen LogP contribution in [0.5, 0.6) is 11.5 Å². The largest absolute Gasteiger partial charge is 0.493 e. The highest BCUT2D eigenvalue weighted by Gasteiger charge is 2.57. The molecular formula is C31H26ClN3O6S2. The minimum Gasteiger partial charge on any atom is -0.493 e. The average molecular weight is 636 g/mol. The Kier molecular flexibility index (Phi) is 7.80. The molecule has 220 valence electrons. The number of ether oxygens (including phenoxy) is 2. The average Bonchev–Trinajstić information content (AvgIpc) is 3.43. The van der Waals surface area contributed by atoms with Crippen molar-refractivity contribution in [1.29, 1.82) is 0 Å². The SMILES string of the molecule is COc1ccc([C@@H]2c3sc(=O)n(CC(=O)Nc4cccc(C)c4)c3S[C@H]3C(=O)N(c4ccc(Cl)cc4)C(=O)[C@@H]23)cc1OC. The van der Waals surface area contributed by atoms with Crippen LogP contribution in [-0.2, 0) is 20.9 Å². The van der Waals surface area contributed by atoms with Crippen LogP contribution in [0.4, 0.5) is 11.4 Å². The Hall–Kier alpha value is -4.06. The van der Waals surface area contributed by atoms with E-state index in [2.05, 4.69) is 5.32 Å². The third kappa shape index (κ3) is 5.21. The number of aromatic nitrogens is 1. The molecule has 2 aliphatic rings. The van der Waals surface area contributed by atoms with Crippen molar-refractivity contribution in [3.8, 4) is 11.5 Å². The van der Waals surface area contributed by atoms with E-state index in [1.165, 1.54) is 23.7 Å². The van der Waals surface area contributed by atoms with Gasteiger partial charge in [0, 0.05) is 21.5 Å². The lowest BCUT2D eigenvalue weighted by Gasteiger charge is -2.31. The summed E-state index contributed by atoms with van der Waals surface area (Å²) in [5.41, 5.74) is 2.70. The number of carbonyl (C=O) groups excluding carboxylic acids is 3. The van der Waals surface area contributed by atoms with Crippen LogP contribution in [-0.4, -0.2) is 41.8 Å². The molecule has 0 aliphatic carbocycles. The van der Waals surface area contributed by atoms with E-state index in [0.717, 1.165) is 28.7 Å². The van der Waals surface area contributed by atoms with E-state index in [1.807, 2.05) is 31.2 Å². The molecule has 0 unspecified atom stereocenters. The number of carbonyl (C=O) groups is 3. The van der Waals surface area contributed by atoms with Gasteiger partial charge in [0.15, 0.2) is 11.5 Å². The quantitative estimate of drug-likeness (QED) is 0.274. The number of rotatable bonds is 7. The molecular weight excluding hydrogens is 610 g/mol. The summed E-state index contributed by atoms with van der Waals surface area (Å²) in [4.78, 5) is 55.9. The normalized spacial score (nSPS) is 19.2. The number of methoxy groups -OCH3 is 2. The van der Waals surface area contributed by atoms with Crippen molar-refractivity contribution in [1.82, 2.24) is 4.57 Å². The number of nitrogens with zero attached hydrogens (tertiary/aromatic N) is 2. The van der Waals surface area contributed by atoms with Crippen molar-refractivity contribution in [3.05, 3.63) is 97.4 Å². The Bertz CT molecular complexity index is 1820. The molecule has 0 bridgehead atoms. The van der Waals surface area contributed by atoms with Gasteiger partial charge in [-0.3, -0.25) is 23.7 Å². The van der Waals surface area contributed by atoms with Crippen molar-refractivity contribution in [2.24, 2.45) is 5.92 Å². The number of amides is 3. The lowest BCUT2D eigenvalue weighted by molar-refractivity contribution is -0.122. The van der Waals surface area contributed by atoms with Gasteiger partial charge in [-0.05, 0) is 66.6 Å². The van der Waals surface area contributed by atoms with Gasteiger partial charge in [0.05, 0.1) is 30.9 Å². The number of halogens is 1. The maximum absolute atomic E-state index is 14.1. The molecule has 3 aromatic carbocycles. The summed E-state index contributed by atoms with van der Waals surface area (Å²) >= 11 is 8.20. The summed E-state index contributed by atoms with van der Waals surface area (Å²) in [6.45, 7) is 1.68. The van der Waals surface area contributed by atoms with Gasteiger partial charge >= 0.3 is 4.87 Å². The smallest absolute Gasteiger partial charge is 0.308 e. The number of anilines is 2. The lowest BCUT2D eigenvalue weighted by Crippen LogP contribution is -2.33. The van der Waals surface area contributed by atoms with E-state index >= 15 is 0 Å². The van der Waals surface area contributed by atoms with E-state index in [1.54, 1.807) is 42.5 Å². The molecule has 1 fully saturated rings. The van der Waals surface area contributed by atoms with Gasteiger partial charge in [-0.25, -0.2) is 4.90 Å². The fourth-order valence-electron chi connectivity index (χ4n) is 5.57. The Labute approximate surface area is 260 Å². The highest BCUT2D eigenvalue weighted by atomic mass is 35.5. The zero-order valence-corrected chi connectivity index (χ0v) is 25.7. The van der Waals surface area contributed by atoms with Crippen LogP contribution in [0.15, 0.2) is 76.6 Å². The minimum atomic E-state index is -0.825. The molecule has 1 aromatic heterocycles. The van der Waals surface area contributed by atoms with Crippen molar-refractivity contribution < 1.29 is 23.9 Å². The van der Waals surface area contributed by atoms with Crippen LogP contribution >= 0.6 is 34.7 Å². The standard InChI is InChI=1S/C31H26ClN3O6S2/c1-16-5-4-6-19(13-16)33-23(36)15-34-30-27(43-31(34)39)24(17-7-12-21(40-2)22(14-17)41-3)25-26(42-30)29(38)35(28(25)37)20-10-8-18(32)9-11-20/h4-14,24-26H,15H2,1-3H3,(H,33,36)/t24-,25-,26+/m0/s1. The van der Waals surface area contributed by atoms with Crippen molar-refractivity contribution >= 4 is 63.8 Å². The predicted molar refractivity (Wildman–Crippen MR) is 167 cm³/mol. The first-order valence-electron chi connectivity index (χ1n) is 13.3. The van der Waals surface area contributed by atoms with Crippen LogP contribution in [0.25, 0.3) is 0 Å². The fraction of sp³-hybridized carbons (Fsp3) is 0.226. The summed E-state index contributed by atoms with van der Waals surface area (Å²) in [5.74, 6) is -1.64. The molecule has 0 radical (unpaired) electrons. The highest BCUT2D eigenvalue weighted by molar-refractivity contribution is 8.00. The van der Waals surface area contributed by atoms with Crippen molar-refractivity contribution in [2.75, 3.05) is 24.4 Å². The molecule has 1 saturated heterocycles. The Morgan fingerprint density at radius 2 is 1.70 bits per heavy atom. The van der Waals surface area contributed by atoms with Crippen LogP contribution < -0.4 is 24.6 Å². The minimum absolute atomic E-state index is 0.245. The third-order valence-corrected chi connectivity index (χ3v) is 10.4. The van der Waals surface area contributed by atoms with Gasteiger partial charge in [-0.2, -0.15) is 0 Å². The number of thioether (sulfide) groups is 1. The molecule has 0 spiro atoms. The van der Waals surface area contributed by atoms with Gasteiger partial charge in [0.25, 0.3) is 0 Å². The van der Waals surface area contributed by atoms with E-state index < -0.39 is 23.0 Å². The van der Waals surface area contributed by atoms with Gasteiger partial charge in [-0.1, -0.05) is 52.9 Å². The van der Waals surface area contributed by atoms with Crippen LogP contribution in [0, 0.1) is 12.8 Å². The zero-order chi connectivity index (χ0) is 30.4. The Morgan fingerprint density at radius 1 is 0.953 bits per heavy atom. The summed E-state index contributed by atoms with van der Waals surface area (Å²) in [6, 6.07) is 19.2. The number of benzene rings is 3. The second-order valence-corrected chi connectivity index (χ2v) is 12.7. The second kappa shape index (κ2) is 11.6. The molecule has 2 aliphatic heterocycles. The van der Waals surface area contributed by atoms with Crippen molar-refractivity contribution in [3.63, 3.8) is 0 Å². The lowest BCUT2D eigenvalue weighted by atomic mass is 9.83. The van der Waals surface area contributed by atoms with Crippen LogP contribution in [0.3, 0.4) is 0 Å². The summed E-state index contributed by atoms with van der Waals surface area (Å²) in [5, 5.41) is 3.00. The first-order chi connectivity index (χ1) is 20.7. The number of hydrogen-bond donors (Lipinski definition) is 1. The van der Waals surface area contributed by atoms with E-state index in [4.69, 9.17) is 21.1 Å². The number of imide groups is 1. The number of fused-ring (bicyclic) bond motifs is 2. The van der Waals surface area contributed by atoms with Crippen LogP contribution in [0.2, 0.25) is 5.02 Å². The topological polar surface area (TPSA) is 107 Å². The van der Waals surface area contributed by atoms with E-state index in [9.17, 15) is 19.2 Å². The maximum atomic E-state index is 14.1. The molecule has 12 heteroatoms. The van der Waals surface area contributed by atoms with Gasteiger partial charge in [0.2, 0.25) is 17.7 Å². The predicted octanol–water partition coefficient (Wildman–Crippen LogP) is 5.32. The van der Waals surface area contributed by atoms with Crippen LogP contribution in [0.1, 0.15) is 21.9 Å². The monoisotopic (exact) mass is 635 g/mol. The van der Waals surface area contributed by atoms with E-state index in [-0.39, 0.29) is 23.2 Å². The Morgan fingerprint density at radius 3 is 2.40 bits per heavy atom. The number of aryl methyl sites for hydroxylation is 1. The zero-order valence-electron chi connectivity index (χ0n) is 23.3. The molecule has 6 rings (SSSR count). The van der Waals surface area contributed by atoms with E-state index in [0.29, 0.717) is 43.4 Å². The summed E-state index contributed by atoms with van der Waals surface area (Å²) in [6.07, 6.45) is 0. The molecule has 3 amide bonds. The molecule has 3 atom stereocenters. The Balaban J connectivity index is 1.44. The highest BCUT2D eigenvalue weighted by Crippen LogP contribution is 2.54. The first kappa shape index (κ1) is 29.0. The summed E-state index contributed by atoms with van der Waals surface area (Å²) in [7, 11) is 3.04. The van der Waals surface area contributed by atoms with Gasteiger partial charge in [-0.15, -0.1) is 0 Å². The molecule has 43 heavy (non-hydrogen) atoms. The molecule has 4 aromatic rings. The second-order valence-electron chi connectivity index (χ2n) is 10.2. The number of hydrogen-bond acceptors (Lipinski definition) is 8. The van der Waals surface area contributed by atoms with Gasteiger partial charge in [0.1, 0.15) is 11.8 Å². The van der Waals surface area contributed by atoms with Gasteiger partial charge < -0.3 is 14.8 Å². The number of thiazole rings is 1. The van der Waals surface area contributed by atoms with Crippen molar-refractivity contribution in [2.45, 2.75) is 29.7 Å². The summed E-state index contributed by atoms with van der Waals surface area (Å²) < 4.78 is 12.3. The third-order valence-electron chi connectivity index (χ3n) is 7.50. The molecule has 9 nitrogen and oxygen atoms in total. The fourth-order valence-corrected chi connectivity index (χ4v) is 8.47. The first-order valence-corrected chi connectivity index (χ1v) is 15.4. The molecule has 3 heterocycles. The number of nitrogens with one attached hydrogen (secondary N) is 1.